The Morgan fingerprint density at radius 3 is 2.47 bits per heavy atom. The van der Waals surface area contributed by atoms with Gasteiger partial charge < -0.3 is 5.73 Å². The average molecular weight is 229 g/mol. The third kappa shape index (κ3) is 3.24. The highest BCUT2D eigenvalue weighted by atomic mass is 16.1. The highest BCUT2D eigenvalue weighted by Gasteiger charge is 2.16. The molecule has 17 heavy (non-hydrogen) atoms. The molecular weight excluding hydrogens is 218 g/mol. The lowest BCUT2D eigenvalue weighted by atomic mass is 9.94. The summed E-state index contributed by atoms with van der Waals surface area (Å²) in [4.78, 5) is 26.3. The van der Waals surface area contributed by atoms with Crippen molar-refractivity contribution in [3.05, 3.63) is 41.7 Å². The third-order valence-electron chi connectivity index (χ3n) is 2.22. The number of nitriles is 1. The number of hydrogen-bond donors (Lipinski definition) is 1. The van der Waals surface area contributed by atoms with E-state index in [9.17, 15) is 9.59 Å². The molecule has 5 nitrogen and oxygen atoms in total. The summed E-state index contributed by atoms with van der Waals surface area (Å²) < 4.78 is 0. The number of allylic oxidation sites excluding steroid dienone is 1. The maximum absolute atomic E-state index is 11.5. The third-order valence-corrected chi connectivity index (χ3v) is 2.22. The minimum absolute atomic E-state index is 0.176. The van der Waals surface area contributed by atoms with E-state index < -0.39 is 11.8 Å². The molecule has 1 unspecified atom stereocenters. The largest absolute Gasteiger partial charge is 0.365 e. The SMILES string of the molecule is CC(=O)C(/C=C(/C#N)C(N)=O)c1ccncc1. The van der Waals surface area contributed by atoms with Crippen LogP contribution in [0.5, 0.6) is 0 Å². The maximum Gasteiger partial charge on any atom is 0.259 e. The van der Waals surface area contributed by atoms with E-state index in [2.05, 4.69) is 4.98 Å². The van der Waals surface area contributed by atoms with Crippen molar-refractivity contribution < 1.29 is 9.59 Å². The first kappa shape index (κ1) is 12.6. The Labute approximate surface area is 98.6 Å². The minimum atomic E-state index is -0.840. The van der Waals surface area contributed by atoms with E-state index in [1.807, 2.05) is 0 Å². The summed E-state index contributed by atoms with van der Waals surface area (Å²) in [6, 6.07) is 4.98. The summed E-state index contributed by atoms with van der Waals surface area (Å²) in [7, 11) is 0. The van der Waals surface area contributed by atoms with E-state index in [0.717, 1.165) is 0 Å². The van der Waals surface area contributed by atoms with Crippen LogP contribution >= 0.6 is 0 Å². The number of carbonyl (C=O) groups is 2. The van der Waals surface area contributed by atoms with Gasteiger partial charge in [-0.25, -0.2) is 0 Å². The van der Waals surface area contributed by atoms with Gasteiger partial charge in [-0.1, -0.05) is 0 Å². The summed E-state index contributed by atoms with van der Waals surface area (Å²) in [5.41, 5.74) is 5.47. The number of carbonyl (C=O) groups excluding carboxylic acids is 2. The standard InChI is InChI=1S/C12H11N3O2/c1-8(16)11(6-10(7-13)12(14)17)9-2-4-15-5-3-9/h2-6,11H,1H3,(H2,14,17)/b10-6-. The van der Waals surface area contributed by atoms with E-state index >= 15 is 0 Å². The molecule has 1 rings (SSSR count). The van der Waals surface area contributed by atoms with Gasteiger partial charge >= 0.3 is 0 Å². The number of hydrogen-bond acceptors (Lipinski definition) is 4. The molecule has 0 saturated carbocycles. The number of pyridine rings is 1. The van der Waals surface area contributed by atoms with Crippen molar-refractivity contribution in [2.24, 2.45) is 5.73 Å². The Bertz CT molecular complexity index is 500. The molecule has 0 bridgehead atoms. The first-order valence-electron chi connectivity index (χ1n) is 4.88. The summed E-state index contributed by atoms with van der Waals surface area (Å²) >= 11 is 0. The monoisotopic (exact) mass is 229 g/mol. The zero-order valence-electron chi connectivity index (χ0n) is 9.25. The van der Waals surface area contributed by atoms with E-state index in [4.69, 9.17) is 11.0 Å². The predicted molar refractivity (Wildman–Crippen MR) is 60.5 cm³/mol. The Morgan fingerprint density at radius 2 is 2.06 bits per heavy atom. The molecule has 1 amide bonds. The molecule has 0 aliphatic rings. The van der Waals surface area contributed by atoms with Crippen LogP contribution in [0.15, 0.2) is 36.2 Å². The van der Waals surface area contributed by atoms with Gasteiger partial charge in [-0.2, -0.15) is 5.26 Å². The predicted octanol–water partition coefficient (Wildman–Crippen LogP) is 0.689. The van der Waals surface area contributed by atoms with Crippen LogP contribution in [0.2, 0.25) is 0 Å². The van der Waals surface area contributed by atoms with Gasteiger partial charge in [-0.3, -0.25) is 14.6 Å². The van der Waals surface area contributed by atoms with Crippen molar-refractivity contribution in [1.82, 2.24) is 4.98 Å². The molecule has 0 aliphatic carbocycles. The quantitative estimate of drug-likeness (QED) is 0.606. The first-order valence-corrected chi connectivity index (χ1v) is 4.88. The smallest absolute Gasteiger partial charge is 0.259 e. The van der Waals surface area contributed by atoms with Gasteiger partial charge in [0, 0.05) is 12.4 Å². The van der Waals surface area contributed by atoms with E-state index in [-0.39, 0.29) is 11.4 Å². The van der Waals surface area contributed by atoms with Crippen molar-refractivity contribution in [3.8, 4) is 6.07 Å². The molecule has 0 saturated heterocycles. The molecule has 0 radical (unpaired) electrons. The number of primary amides is 1. The van der Waals surface area contributed by atoms with E-state index in [0.29, 0.717) is 5.56 Å². The molecule has 1 heterocycles. The van der Waals surface area contributed by atoms with Gasteiger partial charge in [0.25, 0.3) is 5.91 Å². The summed E-state index contributed by atoms with van der Waals surface area (Å²) in [6.07, 6.45) is 4.35. The fourth-order valence-electron chi connectivity index (χ4n) is 1.36. The normalized spacial score (nSPS) is 12.6. The van der Waals surface area contributed by atoms with Gasteiger partial charge in [-0.05, 0) is 30.7 Å². The van der Waals surface area contributed by atoms with Crippen molar-refractivity contribution in [1.29, 1.82) is 5.26 Å². The summed E-state index contributed by atoms with van der Waals surface area (Å²) in [5, 5.41) is 8.73. The fourth-order valence-corrected chi connectivity index (χ4v) is 1.36. The first-order chi connectivity index (χ1) is 8.06. The zero-order chi connectivity index (χ0) is 12.8. The molecular formula is C12H11N3O2. The second kappa shape index (κ2) is 5.56. The number of ketones is 1. The van der Waals surface area contributed by atoms with Crippen molar-refractivity contribution >= 4 is 11.7 Å². The van der Waals surface area contributed by atoms with E-state index in [1.54, 1.807) is 18.2 Å². The maximum atomic E-state index is 11.5. The highest BCUT2D eigenvalue weighted by Crippen LogP contribution is 2.19. The van der Waals surface area contributed by atoms with Gasteiger partial charge in [0.2, 0.25) is 0 Å². The Morgan fingerprint density at radius 1 is 1.47 bits per heavy atom. The van der Waals surface area contributed by atoms with Gasteiger partial charge in [-0.15, -0.1) is 0 Å². The molecule has 5 heteroatoms. The van der Waals surface area contributed by atoms with Crippen LogP contribution in [0, 0.1) is 11.3 Å². The Kier molecular flexibility index (Phi) is 4.12. The van der Waals surface area contributed by atoms with Crippen LogP contribution in [0.4, 0.5) is 0 Å². The van der Waals surface area contributed by atoms with Crippen LogP contribution in [0.25, 0.3) is 0 Å². The number of aromatic nitrogens is 1. The topological polar surface area (TPSA) is 96.8 Å². The molecule has 1 aromatic rings. The lowest BCUT2D eigenvalue weighted by Gasteiger charge is -2.09. The van der Waals surface area contributed by atoms with Crippen LogP contribution in [0.1, 0.15) is 18.4 Å². The average Bonchev–Trinajstić information content (AvgIpc) is 2.30. The highest BCUT2D eigenvalue weighted by molar-refractivity contribution is 5.97. The molecule has 0 aliphatic heterocycles. The molecule has 1 aromatic heterocycles. The fraction of sp³-hybridized carbons (Fsp3) is 0.167. The van der Waals surface area contributed by atoms with Gasteiger partial charge in [0.1, 0.15) is 17.4 Å². The molecule has 2 N–H and O–H groups in total. The molecule has 0 spiro atoms. The molecule has 1 atom stereocenters. The number of rotatable bonds is 4. The van der Waals surface area contributed by atoms with Gasteiger partial charge in [0.05, 0.1) is 5.92 Å². The number of Topliss-reactive ketones (excluding diaryl/α,β-unsaturated/α-hetero) is 1. The Balaban J connectivity index is 3.17. The summed E-state index contributed by atoms with van der Waals surface area (Å²) in [6.45, 7) is 1.39. The molecule has 0 fully saturated rings. The summed E-state index contributed by atoms with van der Waals surface area (Å²) in [5.74, 6) is -1.67. The second-order valence-corrected chi connectivity index (χ2v) is 3.43. The van der Waals surface area contributed by atoms with Crippen molar-refractivity contribution in [2.45, 2.75) is 12.8 Å². The van der Waals surface area contributed by atoms with Crippen LogP contribution in [-0.4, -0.2) is 16.7 Å². The van der Waals surface area contributed by atoms with Crippen molar-refractivity contribution in [3.63, 3.8) is 0 Å². The van der Waals surface area contributed by atoms with Crippen LogP contribution in [0.3, 0.4) is 0 Å². The number of amides is 1. The van der Waals surface area contributed by atoms with Crippen LogP contribution in [-0.2, 0) is 9.59 Å². The lowest BCUT2D eigenvalue weighted by Crippen LogP contribution is -2.15. The second-order valence-electron chi connectivity index (χ2n) is 3.43. The minimum Gasteiger partial charge on any atom is -0.365 e. The van der Waals surface area contributed by atoms with Crippen molar-refractivity contribution in [2.75, 3.05) is 0 Å². The van der Waals surface area contributed by atoms with Crippen LogP contribution < -0.4 is 5.73 Å². The number of nitrogens with zero attached hydrogens (tertiary/aromatic N) is 2. The number of nitrogens with two attached hydrogens (primary N) is 1. The lowest BCUT2D eigenvalue weighted by molar-refractivity contribution is -0.117. The molecule has 86 valence electrons. The zero-order valence-corrected chi connectivity index (χ0v) is 9.25. The Hall–Kier alpha value is -2.48. The molecule has 0 aromatic carbocycles. The van der Waals surface area contributed by atoms with Gasteiger partial charge in [0.15, 0.2) is 0 Å². The van der Waals surface area contributed by atoms with E-state index in [1.165, 1.54) is 25.4 Å².